The standard InChI is InChI=1S/C18H14N4O5/c1-11(17(23)21-14-4-2-3-5-16(14)22(25)26)27-18(24)12-6-7-13-15(10-12)20-9-8-19-13/h2-11H,1H3,(H,21,23)/t11-/m1/s1. The van der Waals surface area contributed by atoms with E-state index in [4.69, 9.17) is 4.74 Å². The summed E-state index contributed by atoms with van der Waals surface area (Å²) < 4.78 is 5.15. The number of fused-ring (bicyclic) bond motifs is 1. The lowest BCUT2D eigenvalue weighted by atomic mass is 10.2. The minimum absolute atomic E-state index is 0.0244. The molecule has 1 heterocycles. The molecule has 0 bridgehead atoms. The van der Waals surface area contributed by atoms with Crippen molar-refractivity contribution < 1.29 is 19.2 Å². The predicted octanol–water partition coefficient (Wildman–Crippen LogP) is 2.72. The molecule has 9 nitrogen and oxygen atoms in total. The molecule has 0 spiro atoms. The molecule has 0 saturated heterocycles. The summed E-state index contributed by atoms with van der Waals surface area (Å²) in [5, 5.41) is 13.4. The van der Waals surface area contributed by atoms with E-state index in [1.165, 1.54) is 49.6 Å². The van der Waals surface area contributed by atoms with Gasteiger partial charge in [-0.1, -0.05) is 12.1 Å². The molecule has 0 unspecified atom stereocenters. The van der Waals surface area contributed by atoms with Gasteiger partial charge in [0.25, 0.3) is 11.6 Å². The van der Waals surface area contributed by atoms with Gasteiger partial charge in [-0.25, -0.2) is 4.79 Å². The van der Waals surface area contributed by atoms with E-state index >= 15 is 0 Å². The SMILES string of the molecule is C[C@@H](OC(=O)c1ccc2nccnc2c1)C(=O)Nc1ccccc1[N+](=O)[O-]. The maximum atomic E-state index is 12.3. The first-order valence-corrected chi connectivity index (χ1v) is 7.92. The molecule has 0 aliphatic rings. The van der Waals surface area contributed by atoms with Gasteiger partial charge in [0.2, 0.25) is 0 Å². The summed E-state index contributed by atoms with van der Waals surface area (Å²) in [5.74, 6) is -1.40. The molecule has 0 aliphatic heterocycles. The van der Waals surface area contributed by atoms with Crippen molar-refractivity contribution in [1.82, 2.24) is 9.97 Å². The number of hydrogen-bond acceptors (Lipinski definition) is 7. The van der Waals surface area contributed by atoms with Crippen LogP contribution in [0.3, 0.4) is 0 Å². The highest BCUT2D eigenvalue weighted by molar-refractivity contribution is 5.99. The molecule has 1 N–H and O–H groups in total. The molecule has 3 rings (SSSR count). The van der Waals surface area contributed by atoms with Gasteiger partial charge in [-0.2, -0.15) is 0 Å². The number of carbonyl (C=O) groups excluding carboxylic acids is 2. The van der Waals surface area contributed by atoms with Gasteiger partial charge in [0, 0.05) is 18.5 Å². The molecule has 27 heavy (non-hydrogen) atoms. The van der Waals surface area contributed by atoms with E-state index in [0.29, 0.717) is 11.0 Å². The Labute approximate surface area is 153 Å². The fourth-order valence-electron chi connectivity index (χ4n) is 2.35. The van der Waals surface area contributed by atoms with Crippen molar-refractivity contribution in [3.63, 3.8) is 0 Å². The third-order valence-corrected chi connectivity index (χ3v) is 3.72. The first-order valence-electron chi connectivity index (χ1n) is 7.92. The van der Waals surface area contributed by atoms with Crippen LogP contribution in [0.1, 0.15) is 17.3 Å². The van der Waals surface area contributed by atoms with Gasteiger partial charge in [0.05, 0.1) is 21.5 Å². The number of benzene rings is 2. The topological polar surface area (TPSA) is 124 Å². The number of para-hydroxylation sites is 2. The highest BCUT2D eigenvalue weighted by atomic mass is 16.6. The lowest BCUT2D eigenvalue weighted by molar-refractivity contribution is -0.383. The second-order valence-corrected chi connectivity index (χ2v) is 5.57. The molecule has 3 aromatic rings. The van der Waals surface area contributed by atoms with Crippen LogP contribution in [-0.4, -0.2) is 32.9 Å². The van der Waals surface area contributed by atoms with E-state index in [2.05, 4.69) is 15.3 Å². The maximum Gasteiger partial charge on any atom is 0.338 e. The Hall–Kier alpha value is -3.88. The van der Waals surface area contributed by atoms with Crippen molar-refractivity contribution >= 4 is 34.3 Å². The summed E-state index contributed by atoms with van der Waals surface area (Å²) >= 11 is 0. The van der Waals surface area contributed by atoms with Gasteiger partial charge >= 0.3 is 5.97 Å². The number of amides is 1. The Morgan fingerprint density at radius 1 is 1.11 bits per heavy atom. The van der Waals surface area contributed by atoms with Crippen molar-refractivity contribution in [1.29, 1.82) is 0 Å². The average molecular weight is 366 g/mol. The fraction of sp³-hybridized carbons (Fsp3) is 0.111. The van der Waals surface area contributed by atoms with Gasteiger partial charge in [0.1, 0.15) is 5.69 Å². The van der Waals surface area contributed by atoms with Crippen molar-refractivity contribution in [2.45, 2.75) is 13.0 Å². The summed E-state index contributed by atoms with van der Waals surface area (Å²) in [6.07, 6.45) is 1.88. The summed E-state index contributed by atoms with van der Waals surface area (Å²) in [7, 11) is 0. The van der Waals surface area contributed by atoms with Crippen LogP contribution in [0.4, 0.5) is 11.4 Å². The minimum atomic E-state index is -1.16. The second kappa shape index (κ2) is 7.56. The molecule has 0 fully saturated rings. The minimum Gasteiger partial charge on any atom is -0.449 e. The van der Waals surface area contributed by atoms with Gasteiger partial charge in [0.15, 0.2) is 6.10 Å². The van der Waals surface area contributed by atoms with E-state index in [9.17, 15) is 19.7 Å². The van der Waals surface area contributed by atoms with Gasteiger partial charge in [-0.3, -0.25) is 24.9 Å². The first kappa shape index (κ1) is 17.9. The number of nitrogens with one attached hydrogen (secondary N) is 1. The highest BCUT2D eigenvalue weighted by Gasteiger charge is 2.22. The number of rotatable bonds is 5. The molecular formula is C18H14N4O5. The Bertz CT molecular complexity index is 1040. The number of nitrogens with zero attached hydrogens (tertiary/aromatic N) is 3. The van der Waals surface area contributed by atoms with Crippen molar-refractivity contribution in [2.75, 3.05) is 5.32 Å². The average Bonchev–Trinajstić information content (AvgIpc) is 2.67. The zero-order valence-corrected chi connectivity index (χ0v) is 14.2. The van der Waals surface area contributed by atoms with Crippen LogP contribution in [0, 0.1) is 10.1 Å². The van der Waals surface area contributed by atoms with E-state index in [1.807, 2.05) is 0 Å². The van der Waals surface area contributed by atoms with Gasteiger partial charge in [-0.15, -0.1) is 0 Å². The molecule has 136 valence electrons. The molecule has 1 atom stereocenters. The molecular weight excluding hydrogens is 352 g/mol. The van der Waals surface area contributed by atoms with Crippen LogP contribution in [0.5, 0.6) is 0 Å². The summed E-state index contributed by atoms with van der Waals surface area (Å²) in [6.45, 7) is 1.38. The van der Waals surface area contributed by atoms with Crippen LogP contribution in [-0.2, 0) is 9.53 Å². The Morgan fingerprint density at radius 3 is 2.56 bits per heavy atom. The van der Waals surface area contributed by atoms with E-state index in [1.54, 1.807) is 12.1 Å². The Balaban J connectivity index is 1.70. The van der Waals surface area contributed by atoms with Crippen molar-refractivity contribution in [3.05, 3.63) is 70.5 Å². The van der Waals surface area contributed by atoms with Crippen LogP contribution in [0.25, 0.3) is 11.0 Å². The fourth-order valence-corrected chi connectivity index (χ4v) is 2.35. The summed E-state index contributed by atoms with van der Waals surface area (Å²) in [5.41, 5.74) is 1.13. The number of nitro groups is 1. The number of carbonyl (C=O) groups is 2. The lowest BCUT2D eigenvalue weighted by Crippen LogP contribution is -2.30. The monoisotopic (exact) mass is 366 g/mol. The number of anilines is 1. The largest absolute Gasteiger partial charge is 0.449 e. The summed E-state index contributed by atoms with van der Waals surface area (Å²) in [6, 6.07) is 10.4. The van der Waals surface area contributed by atoms with Crippen molar-refractivity contribution in [2.24, 2.45) is 0 Å². The van der Waals surface area contributed by atoms with Crippen LogP contribution in [0.2, 0.25) is 0 Å². The lowest BCUT2D eigenvalue weighted by Gasteiger charge is -2.13. The quantitative estimate of drug-likeness (QED) is 0.418. The molecule has 0 saturated carbocycles. The number of esters is 1. The van der Waals surface area contributed by atoms with E-state index in [-0.39, 0.29) is 16.9 Å². The predicted molar refractivity (Wildman–Crippen MR) is 96.1 cm³/mol. The molecule has 0 radical (unpaired) electrons. The Kier molecular flexibility index (Phi) is 5.02. The second-order valence-electron chi connectivity index (χ2n) is 5.57. The molecule has 1 amide bonds. The summed E-state index contributed by atoms with van der Waals surface area (Å²) in [4.78, 5) is 43.1. The van der Waals surface area contributed by atoms with Crippen LogP contribution in [0.15, 0.2) is 54.9 Å². The molecule has 9 heteroatoms. The molecule has 2 aromatic carbocycles. The maximum absolute atomic E-state index is 12.3. The zero-order chi connectivity index (χ0) is 19.4. The van der Waals surface area contributed by atoms with Gasteiger partial charge < -0.3 is 10.1 Å². The van der Waals surface area contributed by atoms with Crippen LogP contribution < -0.4 is 5.32 Å². The first-order chi connectivity index (χ1) is 13.0. The normalized spacial score (nSPS) is 11.6. The zero-order valence-electron chi connectivity index (χ0n) is 14.2. The smallest absolute Gasteiger partial charge is 0.338 e. The number of ether oxygens (including phenoxy) is 1. The van der Waals surface area contributed by atoms with E-state index in [0.717, 1.165) is 0 Å². The molecule has 1 aromatic heterocycles. The van der Waals surface area contributed by atoms with Crippen LogP contribution >= 0.6 is 0 Å². The van der Waals surface area contributed by atoms with Gasteiger partial charge in [-0.05, 0) is 31.2 Å². The number of hydrogen-bond donors (Lipinski definition) is 1. The Morgan fingerprint density at radius 2 is 1.81 bits per heavy atom. The van der Waals surface area contributed by atoms with Crippen molar-refractivity contribution in [3.8, 4) is 0 Å². The third-order valence-electron chi connectivity index (χ3n) is 3.72. The number of nitro benzene ring substituents is 1. The third kappa shape index (κ3) is 4.03. The van der Waals surface area contributed by atoms with E-state index < -0.39 is 22.9 Å². The molecule has 0 aliphatic carbocycles. The highest BCUT2D eigenvalue weighted by Crippen LogP contribution is 2.23. The number of aromatic nitrogens is 2.